The zero-order valence-electron chi connectivity index (χ0n) is 13.5. The fourth-order valence-electron chi connectivity index (χ4n) is 3.13. The summed E-state index contributed by atoms with van der Waals surface area (Å²) in [5.74, 6) is 0.187. The molecule has 3 aliphatic rings. The van der Waals surface area contributed by atoms with Gasteiger partial charge in [-0.15, -0.1) is 12.4 Å². The van der Waals surface area contributed by atoms with Crippen LogP contribution in [0.1, 0.15) is 36.5 Å². The molecule has 0 spiro atoms. The topological polar surface area (TPSA) is 43.1 Å². The van der Waals surface area contributed by atoms with E-state index in [0.29, 0.717) is 6.42 Å². The molecule has 1 aromatic rings. The highest BCUT2D eigenvalue weighted by atomic mass is 35.5. The second-order valence-corrected chi connectivity index (χ2v) is 6.17. The molecule has 0 radical (unpaired) electrons. The maximum Gasteiger partial charge on any atom is 0.153 e. The van der Waals surface area contributed by atoms with Gasteiger partial charge in [-0.05, 0) is 53.1 Å². The van der Waals surface area contributed by atoms with Gasteiger partial charge in [0.1, 0.15) is 0 Å². The second kappa shape index (κ2) is 7.76. The molecule has 4 rings (SSSR count). The summed E-state index contributed by atoms with van der Waals surface area (Å²) in [5, 5.41) is 0. The molecule has 1 unspecified atom stereocenters. The van der Waals surface area contributed by atoms with Crippen LogP contribution in [0.4, 0.5) is 0 Å². The molecule has 0 amide bonds. The Balaban J connectivity index is 0.000000227. The van der Waals surface area contributed by atoms with Gasteiger partial charge in [0.2, 0.25) is 0 Å². The van der Waals surface area contributed by atoms with Crippen LogP contribution in [-0.2, 0) is 24.1 Å². The summed E-state index contributed by atoms with van der Waals surface area (Å²) in [5.41, 5.74) is 12.7. The second-order valence-electron chi connectivity index (χ2n) is 6.17. The van der Waals surface area contributed by atoms with Crippen LogP contribution in [0.25, 0.3) is 11.1 Å². The van der Waals surface area contributed by atoms with E-state index in [1.807, 2.05) is 0 Å². The van der Waals surface area contributed by atoms with Gasteiger partial charge in [0, 0.05) is 6.42 Å². The Morgan fingerprint density at radius 3 is 2.39 bits per heavy atom. The van der Waals surface area contributed by atoms with Crippen molar-refractivity contribution in [2.24, 2.45) is 5.73 Å². The minimum Gasteiger partial charge on any atom is -0.321 e. The standard InChI is InChI=1S/C14H19NO.C6H4.ClH/c1-2-4-10-5-3-6-11-9-14(16)13(15)8-7-12(10)11;1-2-5-4-6(5)3-1;/h3,5-6,13H,2,4,7-9,15H2,1H3;1-4H;1H. The number of aryl methyl sites for hydroxylation is 1. The highest BCUT2D eigenvalue weighted by Crippen LogP contribution is 2.32. The van der Waals surface area contributed by atoms with Crippen LogP contribution in [0.15, 0.2) is 42.5 Å². The number of nitrogens with two attached hydrogens (primary N) is 1. The summed E-state index contributed by atoms with van der Waals surface area (Å²) in [6, 6.07) is 14.5. The van der Waals surface area contributed by atoms with E-state index in [2.05, 4.69) is 49.4 Å². The third kappa shape index (κ3) is 4.21. The molecule has 0 bridgehead atoms. The van der Waals surface area contributed by atoms with Crippen molar-refractivity contribution in [3.63, 3.8) is 0 Å². The molecule has 1 atom stereocenters. The van der Waals surface area contributed by atoms with Crippen molar-refractivity contribution in [3.05, 3.63) is 59.2 Å². The summed E-state index contributed by atoms with van der Waals surface area (Å²) in [6.07, 6.45) is 4.53. The summed E-state index contributed by atoms with van der Waals surface area (Å²) in [6.45, 7) is 2.19. The largest absolute Gasteiger partial charge is 0.321 e. The molecule has 3 aliphatic carbocycles. The Bertz CT molecular complexity index is 679. The van der Waals surface area contributed by atoms with E-state index in [9.17, 15) is 4.79 Å². The zero-order chi connectivity index (χ0) is 15.5. The van der Waals surface area contributed by atoms with Gasteiger partial charge in [-0.2, -0.15) is 0 Å². The van der Waals surface area contributed by atoms with Gasteiger partial charge < -0.3 is 5.73 Å². The number of ketones is 1. The smallest absolute Gasteiger partial charge is 0.153 e. The summed E-state index contributed by atoms with van der Waals surface area (Å²) in [7, 11) is 0. The van der Waals surface area contributed by atoms with Gasteiger partial charge in [0.05, 0.1) is 6.04 Å². The lowest BCUT2D eigenvalue weighted by Gasteiger charge is -2.10. The van der Waals surface area contributed by atoms with Crippen molar-refractivity contribution in [1.29, 1.82) is 0 Å². The molecule has 23 heavy (non-hydrogen) atoms. The fraction of sp³-hybridized carbons (Fsp3) is 0.350. The van der Waals surface area contributed by atoms with Crippen molar-refractivity contribution in [2.45, 2.75) is 45.1 Å². The van der Waals surface area contributed by atoms with E-state index in [4.69, 9.17) is 5.73 Å². The van der Waals surface area contributed by atoms with Crippen LogP contribution in [0.2, 0.25) is 0 Å². The number of benzene rings is 2. The number of carbonyl (C=O) groups is 1. The number of hydrogen-bond acceptors (Lipinski definition) is 2. The first-order valence-electron chi connectivity index (χ1n) is 8.17. The molecule has 0 aromatic heterocycles. The SMILES string of the molecule is CCCc1cccc2c1CCC(N)C(=O)C2.Cl.c1cc2cc-2c1. The van der Waals surface area contributed by atoms with E-state index in [1.165, 1.54) is 27.8 Å². The average Bonchev–Trinajstić information content (AvgIpc) is 3.16. The Kier molecular flexibility index (Phi) is 5.97. The molecule has 2 nitrogen and oxygen atoms in total. The van der Waals surface area contributed by atoms with Gasteiger partial charge in [-0.1, -0.05) is 49.7 Å². The normalized spacial score (nSPS) is 17.1. The molecule has 0 saturated heterocycles. The molecular weight excluding hydrogens is 306 g/mol. The molecule has 2 N–H and O–H groups in total. The van der Waals surface area contributed by atoms with Crippen LogP contribution in [0, 0.1) is 0 Å². The zero-order valence-corrected chi connectivity index (χ0v) is 14.4. The molecule has 0 aliphatic heterocycles. The molecule has 0 heterocycles. The van der Waals surface area contributed by atoms with Crippen molar-refractivity contribution in [3.8, 4) is 11.1 Å². The van der Waals surface area contributed by atoms with Crippen LogP contribution >= 0.6 is 12.4 Å². The predicted molar refractivity (Wildman–Crippen MR) is 98.1 cm³/mol. The third-order valence-electron chi connectivity index (χ3n) is 4.49. The highest BCUT2D eigenvalue weighted by Gasteiger charge is 2.21. The molecule has 0 fully saturated rings. The van der Waals surface area contributed by atoms with E-state index < -0.39 is 0 Å². The van der Waals surface area contributed by atoms with Crippen molar-refractivity contribution in [2.75, 3.05) is 0 Å². The third-order valence-corrected chi connectivity index (χ3v) is 4.49. The van der Waals surface area contributed by atoms with Gasteiger partial charge in [-0.25, -0.2) is 0 Å². The van der Waals surface area contributed by atoms with Crippen LogP contribution in [-0.4, -0.2) is 11.8 Å². The fourth-order valence-corrected chi connectivity index (χ4v) is 3.13. The van der Waals surface area contributed by atoms with Gasteiger partial charge in [0.25, 0.3) is 0 Å². The van der Waals surface area contributed by atoms with Gasteiger partial charge >= 0.3 is 0 Å². The number of rotatable bonds is 2. The van der Waals surface area contributed by atoms with E-state index in [0.717, 1.165) is 25.7 Å². The van der Waals surface area contributed by atoms with E-state index >= 15 is 0 Å². The summed E-state index contributed by atoms with van der Waals surface area (Å²) >= 11 is 0. The molecule has 122 valence electrons. The number of halogens is 1. The maximum atomic E-state index is 11.7. The van der Waals surface area contributed by atoms with Crippen molar-refractivity contribution in [1.82, 2.24) is 0 Å². The quantitative estimate of drug-likeness (QED) is 0.719. The molecule has 3 heteroatoms. The Morgan fingerprint density at radius 1 is 1.13 bits per heavy atom. The first-order valence-corrected chi connectivity index (χ1v) is 8.17. The van der Waals surface area contributed by atoms with Crippen molar-refractivity contribution >= 4 is 18.2 Å². The predicted octanol–water partition coefficient (Wildman–Crippen LogP) is 4.11. The minimum absolute atomic E-state index is 0. The first kappa shape index (κ1) is 17.7. The van der Waals surface area contributed by atoms with Crippen LogP contribution in [0.3, 0.4) is 0 Å². The molecule has 1 aromatic carbocycles. The lowest BCUT2D eigenvalue weighted by molar-refractivity contribution is -0.119. The molecule has 0 saturated carbocycles. The van der Waals surface area contributed by atoms with Gasteiger partial charge in [-0.3, -0.25) is 4.79 Å². The molecular formula is C20H24ClNO. The van der Waals surface area contributed by atoms with Crippen LogP contribution in [0.5, 0.6) is 0 Å². The Morgan fingerprint density at radius 2 is 1.83 bits per heavy atom. The van der Waals surface area contributed by atoms with Crippen molar-refractivity contribution < 1.29 is 4.79 Å². The Labute approximate surface area is 144 Å². The van der Waals surface area contributed by atoms with Crippen LogP contribution < -0.4 is 5.73 Å². The minimum atomic E-state index is -0.262. The van der Waals surface area contributed by atoms with E-state index in [1.54, 1.807) is 0 Å². The lowest BCUT2D eigenvalue weighted by atomic mass is 9.94. The highest BCUT2D eigenvalue weighted by molar-refractivity contribution is 5.87. The number of fused-ring (bicyclic) bond motifs is 2. The van der Waals surface area contributed by atoms with Gasteiger partial charge in [0.15, 0.2) is 5.78 Å². The average molecular weight is 330 g/mol. The maximum absolute atomic E-state index is 11.7. The summed E-state index contributed by atoms with van der Waals surface area (Å²) in [4.78, 5) is 11.7. The number of carbonyl (C=O) groups excluding carboxylic acids is 1. The Hall–Kier alpha value is -1.64. The number of hydrogen-bond donors (Lipinski definition) is 1. The first-order chi connectivity index (χ1) is 10.7. The lowest BCUT2D eigenvalue weighted by Crippen LogP contribution is -2.30. The number of Topliss-reactive ketones (excluding diaryl/α,β-unsaturated/α-hetero) is 1. The van der Waals surface area contributed by atoms with E-state index in [-0.39, 0.29) is 24.2 Å². The monoisotopic (exact) mass is 329 g/mol. The summed E-state index contributed by atoms with van der Waals surface area (Å²) < 4.78 is 0.